The maximum Gasteiger partial charge on any atom is 0.251 e. The van der Waals surface area contributed by atoms with Crippen molar-refractivity contribution >= 4 is 11.8 Å². The van der Waals surface area contributed by atoms with Crippen LogP contribution in [0, 0.1) is 12.8 Å². The highest BCUT2D eigenvalue weighted by molar-refractivity contribution is 5.94. The van der Waals surface area contributed by atoms with Crippen LogP contribution in [0.4, 0.5) is 0 Å². The highest BCUT2D eigenvalue weighted by Crippen LogP contribution is 2.47. The molecule has 26 heavy (non-hydrogen) atoms. The zero-order valence-corrected chi connectivity index (χ0v) is 15.0. The lowest BCUT2D eigenvalue weighted by molar-refractivity contribution is -0.122. The Labute approximate surface area is 154 Å². The molecule has 0 unspecified atom stereocenters. The van der Waals surface area contributed by atoms with Gasteiger partial charge in [-0.3, -0.25) is 9.59 Å². The van der Waals surface area contributed by atoms with E-state index in [1.54, 1.807) is 0 Å². The summed E-state index contributed by atoms with van der Waals surface area (Å²) in [5.74, 6) is 0.540. The molecule has 0 bridgehead atoms. The first-order valence-corrected chi connectivity index (χ1v) is 9.34. The van der Waals surface area contributed by atoms with Crippen molar-refractivity contribution in [3.63, 3.8) is 0 Å². The van der Waals surface area contributed by atoms with Gasteiger partial charge in [-0.05, 0) is 55.4 Å². The van der Waals surface area contributed by atoms with Crippen LogP contribution < -0.4 is 10.6 Å². The van der Waals surface area contributed by atoms with Crippen molar-refractivity contribution in [3.05, 3.63) is 70.8 Å². The van der Waals surface area contributed by atoms with E-state index in [0.717, 1.165) is 24.8 Å². The summed E-state index contributed by atoms with van der Waals surface area (Å²) in [6.07, 6.45) is 3.09. The summed E-state index contributed by atoms with van der Waals surface area (Å²) in [4.78, 5) is 24.4. The van der Waals surface area contributed by atoms with Gasteiger partial charge >= 0.3 is 0 Å². The van der Waals surface area contributed by atoms with Gasteiger partial charge in [0, 0.05) is 24.1 Å². The molecular weight excluding hydrogens is 324 g/mol. The fourth-order valence-electron chi connectivity index (χ4n) is 3.34. The SMILES string of the molecule is Cc1cccc([C@@H]2C[C@@H]2C(=O)NCc2ccc(C(=O)NC3CC3)cc2)c1. The van der Waals surface area contributed by atoms with Gasteiger partial charge in [-0.15, -0.1) is 0 Å². The summed E-state index contributed by atoms with van der Waals surface area (Å²) in [6, 6.07) is 16.2. The average molecular weight is 348 g/mol. The molecule has 0 spiro atoms. The predicted molar refractivity (Wildman–Crippen MR) is 101 cm³/mol. The summed E-state index contributed by atoms with van der Waals surface area (Å²) in [7, 11) is 0. The van der Waals surface area contributed by atoms with Gasteiger partial charge in [0.25, 0.3) is 5.91 Å². The van der Waals surface area contributed by atoms with Crippen LogP contribution in [-0.2, 0) is 11.3 Å². The summed E-state index contributed by atoms with van der Waals surface area (Å²) in [5.41, 5.74) is 4.18. The monoisotopic (exact) mass is 348 g/mol. The topological polar surface area (TPSA) is 58.2 Å². The van der Waals surface area contributed by atoms with E-state index in [0.29, 0.717) is 24.1 Å². The fourth-order valence-corrected chi connectivity index (χ4v) is 3.34. The number of hydrogen-bond donors (Lipinski definition) is 2. The maximum atomic E-state index is 12.4. The third kappa shape index (κ3) is 3.96. The van der Waals surface area contributed by atoms with Crippen molar-refractivity contribution in [2.45, 2.75) is 44.7 Å². The van der Waals surface area contributed by atoms with Crippen molar-refractivity contribution in [2.75, 3.05) is 0 Å². The minimum absolute atomic E-state index is 0.0120. The summed E-state index contributed by atoms with van der Waals surface area (Å²) >= 11 is 0. The van der Waals surface area contributed by atoms with Crippen LogP contribution in [0.2, 0.25) is 0 Å². The van der Waals surface area contributed by atoms with Crippen molar-refractivity contribution < 1.29 is 9.59 Å². The number of benzene rings is 2. The molecule has 2 aromatic rings. The zero-order chi connectivity index (χ0) is 18.1. The van der Waals surface area contributed by atoms with E-state index in [-0.39, 0.29) is 17.7 Å². The van der Waals surface area contributed by atoms with E-state index >= 15 is 0 Å². The molecule has 2 aliphatic rings. The first-order valence-electron chi connectivity index (χ1n) is 9.34. The van der Waals surface area contributed by atoms with Gasteiger partial charge in [0.2, 0.25) is 5.91 Å². The second-order valence-corrected chi connectivity index (χ2v) is 7.53. The smallest absolute Gasteiger partial charge is 0.251 e. The second kappa shape index (κ2) is 6.94. The lowest BCUT2D eigenvalue weighted by atomic mass is 10.1. The number of carbonyl (C=O) groups is 2. The molecule has 0 aromatic heterocycles. The van der Waals surface area contributed by atoms with Gasteiger partial charge in [-0.2, -0.15) is 0 Å². The molecule has 0 aliphatic heterocycles. The molecule has 0 saturated heterocycles. The molecule has 2 atom stereocenters. The third-order valence-electron chi connectivity index (χ3n) is 5.19. The Kier molecular flexibility index (Phi) is 4.49. The summed E-state index contributed by atoms with van der Waals surface area (Å²) in [5, 5.41) is 6.01. The number of rotatable bonds is 6. The Balaban J connectivity index is 1.27. The number of carbonyl (C=O) groups excluding carboxylic acids is 2. The molecule has 2 aliphatic carbocycles. The number of amides is 2. The maximum absolute atomic E-state index is 12.4. The zero-order valence-electron chi connectivity index (χ0n) is 15.0. The summed E-state index contributed by atoms with van der Waals surface area (Å²) in [6.45, 7) is 2.58. The molecule has 0 heterocycles. The van der Waals surface area contributed by atoms with Crippen molar-refractivity contribution in [1.29, 1.82) is 0 Å². The van der Waals surface area contributed by atoms with Crippen LogP contribution in [0.25, 0.3) is 0 Å². The molecule has 2 aromatic carbocycles. The first-order chi connectivity index (χ1) is 12.6. The van der Waals surface area contributed by atoms with Gasteiger partial charge in [0.15, 0.2) is 0 Å². The van der Waals surface area contributed by atoms with E-state index in [4.69, 9.17) is 0 Å². The normalized spacial score (nSPS) is 21.1. The lowest BCUT2D eigenvalue weighted by Crippen LogP contribution is -2.26. The Hall–Kier alpha value is -2.62. The lowest BCUT2D eigenvalue weighted by Gasteiger charge is -2.07. The summed E-state index contributed by atoms with van der Waals surface area (Å²) < 4.78 is 0. The standard InChI is InChI=1S/C22H24N2O2/c1-14-3-2-4-17(11-14)19-12-20(19)22(26)23-13-15-5-7-16(8-6-15)21(25)24-18-9-10-18/h2-8,11,18-20H,9-10,12-13H2,1H3,(H,23,26)(H,24,25)/t19-,20-/m0/s1. The van der Waals surface area contributed by atoms with Crippen LogP contribution >= 0.6 is 0 Å². The van der Waals surface area contributed by atoms with Crippen LogP contribution in [0.15, 0.2) is 48.5 Å². The molecule has 2 fully saturated rings. The number of nitrogens with one attached hydrogen (secondary N) is 2. The van der Waals surface area contributed by atoms with E-state index in [1.165, 1.54) is 11.1 Å². The third-order valence-corrected chi connectivity index (χ3v) is 5.19. The molecule has 4 nitrogen and oxygen atoms in total. The van der Waals surface area contributed by atoms with Gasteiger partial charge in [-0.1, -0.05) is 42.0 Å². The van der Waals surface area contributed by atoms with Crippen molar-refractivity contribution in [2.24, 2.45) is 5.92 Å². The second-order valence-electron chi connectivity index (χ2n) is 7.53. The van der Waals surface area contributed by atoms with Crippen LogP contribution in [-0.4, -0.2) is 17.9 Å². The molecule has 4 rings (SSSR count). The highest BCUT2D eigenvalue weighted by atomic mass is 16.2. The van der Waals surface area contributed by atoms with E-state index in [1.807, 2.05) is 24.3 Å². The van der Waals surface area contributed by atoms with E-state index in [2.05, 4.69) is 41.8 Å². The predicted octanol–water partition coefficient (Wildman–Crippen LogP) is 3.31. The van der Waals surface area contributed by atoms with Gasteiger partial charge in [0.05, 0.1) is 0 Å². The van der Waals surface area contributed by atoms with Gasteiger partial charge in [-0.25, -0.2) is 0 Å². The average Bonchev–Trinajstić information content (AvgIpc) is 3.54. The molecule has 4 heteroatoms. The van der Waals surface area contributed by atoms with Gasteiger partial charge < -0.3 is 10.6 Å². The quantitative estimate of drug-likeness (QED) is 0.841. The van der Waals surface area contributed by atoms with Crippen LogP contribution in [0.1, 0.15) is 52.2 Å². The van der Waals surface area contributed by atoms with Crippen molar-refractivity contribution in [3.8, 4) is 0 Å². The molecular formula is C22H24N2O2. The minimum Gasteiger partial charge on any atom is -0.352 e. The van der Waals surface area contributed by atoms with E-state index < -0.39 is 0 Å². The molecule has 2 amide bonds. The Morgan fingerprint density at radius 1 is 1.08 bits per heavy atom. The highest BCUT2D eigenvalue weighted by Gasteiger charge is 2.43. The Morgan fingerprint density at radius 2 is 1.85 bits per heavy atom. The molecule has 0 radical (unpaired) electrons. The first kappa shape index (κ1) is 16.8. The van der Waals surface area contributed by atoms with Crippen LogP contribution in [0.5, 0.6) is 0 Å². The Bertz CT molecular complexity index is 824. The fraction of sp³-hybridized carbons (Fsp3) is 0.364. The van der Waals surface area contributed by atoms with Gasteiger partial charge in [0.1, 0.15) is 0 Å². The minimum atomic E-state index is -0.0120. The van der Waals surface area contributed by atoms with Crippen LogP contribution in [0.3, 0.4) is 0 Å². The van der Waals surface area contributed by atoms with E-state index in [9.17, 15) is 9.59 Å². The molecule has 134 valence electrons. The van der Waals surface area contributed by atoms with Crippen molar-refractivity contribution in [1.82, 2.24) is 10.6 Å². The number of hydrogen-bond acceptors (Lipinski definition) is 2. The largest absolute Gasteiger partial charge is 0.352 e. The molecule has 2 saturated carbocycles. The molecule has 2 N–H and O–H groups in total. The Morgan fingerprint density at radius 3 is 2.54 bits per heavy atom. The number of aryl methyl sites for hydroxylation is 1.